The highest BCUT2D eigenvalue weighted by molar-refractivity contribution is 8.04. The van der Waals surface area contributed by atoms with Crippen LogP contribution in [0.3, 0.4) is 0 Å². The first-order valence-corrected chi connectivity index (χ1v) is 19.3. The largest absolute Gasteiger partial charge is 0.844 e. The van der Waals surface area contributed by atoms with Gasteiger partial charge in [0.1, 0.15) is 19.6 Å². The summed E-state index contributed by atoms with van der Waals surface area (Å²) >= 11 is 3.27. The highest BCUT2D eigenvalue weighted by atomic mass is 32.5. The monoisotopic (exact) mass is 727 g/mol. The predicted molar refractivity (Wildman–Crippen MR) is 200 cm³/mol. The second-order valence-electron chi connectivity index (χ2n) is 14.0. The molecule has 0 aromatic carbocycles. The highest BCUT2D eigenvalue weighted by Crippen LogP contribution is 2.04. The van der Waals surface area contributed by atoms with Crippen LogP contribution >= 0.6 is 6.72 Å². The molecule has 288 valence electrons. The first-order valence-electron chi connectivity index (χ1n) is 16.7. The van der Waals surface area contributed by atoms with Crippen LogP contribution in [0.5, 0.6) is 0 Å². The van der Waals surface area contributed by atoms with Crippen LogP contribution in [-0.2, 0) is 16.6 Å². The van der Waals surface area contributed by atoms with Gasteiger partial charge in [-0.3, -0.25) is 4.79 Å². The molecule has 0 saturated carbocycles. The van der Waals surface area contributed by atoms with E-state index in [0.29, 0.717) is 0 Å². The van der Waals surface area contributed by atoms with E-state index in [1.807, 2.05) is 0 Å². The van der Waals surface area contributed by atoms with Crippen LogP contribution < -0.4 is 14.7 Å². The molecule has 0 amide bonds. The maximum absolute atomic E-state index is 10.3. The molecule has 0 aliphatic rings. The van der Waals surface area contributed by atoms with E-state index in [-0.39, 0.29) is 26.2 Å². The zero-order chi connectivity index (χ0) is 38.5. The van der Waals surface area contributed by atoms with E-state index in [4.69, 9.17) is 35.1 Å². The molecule has 0 unspecified atom stereocenters. The van der Waals surface area contributed by atoms with Crippen molar-refractivity contribution in [2.24, 2.45) is 0 Å². The molecule has 0 atom stereocenters. The summed E-state index contributed by atoms with van der Waals surface area (Å²) in [5.74, 6) is -0.712. The number of carboxylic acid groups (broad SMARTS) is 1. The Bertz CT molecular complexity index is 811. The lowest BCUT2D eigenvalue weighted by atomic mass is 10.2. The molecule has 0 fully saturated rings. The average Bonchev–Trinajstić information content (AvgIpc) is 2.88. The van der Waals surface area contributed by atoms with Gasteiger partial charge in [0.15, 0.2) is 0 Å². The van der Waals surface area contributed by atoms with Gasteiger partial charge in [-0.15, -0.1) is 0 Å². The maximum Gasteiger partial charge on any atom is 0.303 e. The van der Waals surface area contributed by atoms with Crippen LogP contribution in [0.25, 0.3) is 0 Å². The zero-order valence-corrected chi connectivity index (χ0v) is 33.8. The number of nitrogens with zero attached hydrogens (tertiary/aromatic N) is 3. The van der Waals surface area contributed by atoms with Crippen LogP contribution in [0, 0.1) is 0 Å². The van der Waals surface area contributed by atoms with Crippen molar-refractivity contribution in [3.05, 3.63) is 48.6 Å². The number of likely N-dealkylation sites (N-methyl/N-ethyl adjacent to an activating group) is 3. The molecular weight excluding hydrogens is 653 g/mol. The van der Waals surface area contributed by atoms with Gasteiger partial charge in [0.05, 0.1) is 83.2 Å². The Labute approximate surface area is 299 Å². The Morgan fingerprint density at radius 3 is 1.06 bits per heavy atom. The van der Waals surface area contributed by atoms with E-state index in [0.717, 1.165) is 65.2 Å². The molecule has 11 nitrogen and oxygen atoms in total. The maximum atomic E-state index is 10.3. The number of aliphatic hydroxyl groups is 3. The molecule has 48 heavy (non-hydrogen) atoms. The van der Waals surface area contributed by atoms with Crippen molar-refractivity contribution in [2.75, 3.05) is 103 Å². The van der Waals surface area contributed by atoms with Crippen molar-refractivity contribution in [3.8, 4) is 0 Å². The fourth-order valence-corrected chi connectivity index (χ4v) is 2.83. The van der Waals surface area contributed by atoms with Gasteiger partial charge >= 0.3 is 5.97 Å². The van der Waals surface area contributed by atoms with Gasteiger partial charge in [0.25, 0.3) is 0 Å². The Morgan fingerprint density at radius 2 is 0.854 bits per heavy atom. The SMILES string of the molecule is CCCCC/C=C\C/C=C\C/C=C\C/C=C\CCCC(=O)O.C[N+](C)(C)CCO.C[N+](C)(C)CCO.C[N+](C)(C)CCO.[O-]P([O-])([O-])=S. The van der Waals surface area contributed by atoms with E-state index in [2.05, 4.69) is 131 Å². The summed E-state index contributed by atoms with van der Waals surface area (Å²) < 4.78 is 2.53. The van der Waals surface area contributed by atoms with Crippen molar-refractivity contribution < 1.29 is 53.3 Å². The fraction of sp³-hybridized carbons (Fsp3) is 0.743. The summed E-state index contributed by atoms with van der Waals surface area (Å²) in [7, 11) is 18.5. The van der Waals surface area contributed by atoms with Crippen LogP contribution in [0.2, 0.25) is 0 Å². The molecule has 0 aliphatic heterocycles. The number of hydrogen-bond donors (Lipinski definition) is 4. The summed E-state index contributed by atoms with van der Waals surface area (Å²) in [4.78, 5) is 37.1. The lowest BCUT2D eigenvalue weighted by Gasteiger charge is -2.43. The van der Waals surface area contributed by atoms with Crippen LogP contribution in [0.1, 0.15) is 71.1 Å². The summed E-state index contributed by atoms with van der Waals surface area (Å²) in [6.07, 6.45) is 27.3. The number of carboxylic acids is 1. The van der Waals surface area contributed by atoms with E-state index >= 15 is 0 Å². The van der Waals surface area contributed by atoms with Gasteiger partial charge in [-0.1, -0.05) is 68.4 Å². The lowest BCUT2D eigenvalue weighted by molar-refractivity contribution is -0.870. The van der Waals surface area contributed by atoms with E-state index < -0.39 is 12.7 Å². The fourth-order valence-electron chi connectivity index (χ4n) is 2.83. The molecule has 0 radical (unpaired) electrons. The number of rotatable bonds is 20. The normalized spacial score (nSPS) is 12.2. The standard InChI is InChI=1S/C20H32O2.3C5H14NO.H3O3PS/c1-2-3-4-5-6-7-8-9-10-11-12-13-14-15-16-17-18-19-20(21)22;3*1-6(2,3)4-5-7;1-4(2,3)5/h6-7,9-10,12-13,15-16H,2-5,8,11,14,17-19H2,1H3,(H,21,22);3*7H,4-5H2,1-3H3;(H3,1,2,3,5)/q;3*+1;/p-3/b7-6-,10-9-,13-12-,16-15-;;;;. The molecule has 0 aromatic heterocycles. The van der Waals surface area contributed by atoms with Gasteiger partial charge < -0.3 is 55.3 Å². The predicted octanol–water partition coefficient (Wildman–Crippen LogP) is 2.56. The van der Waals surface area contributed by atoms with Crippen molar-refractivity contribution >= 4 is 24.5 Å². The zero-order valence-electron chi connectivity index (χ0n) is 32.1. The number of aliphatic carboxylic acids is 1. The number of unbranched alkanes of at least 4 members (excludes halogenated alkanes) is 4. The topological polar surface area (TPSA) is 167 Å². The molecule has 0 bridgehead atoms. The summed E-state index contributed by atoms with van der Waals surface area (Å²) in [5.41, 5.74) is 0. The molecule has 0 saturated heterocycles. The minimum Gasteiger partial charge on any atom is -0.844 e. The van der Waals surface area contributed by atoms with Crippen LogP contribution in [0.15, 0.2) is 48.6 Å². The quantitative estimate of drug-likeness (QED) is 0.0638. The first-order chi connectivity index (χ1) is 22.0. The van der Waals surface area contributed by atoms with Gasteiger partial charge in [0.2, 0.25) is 0 Å². The molecular formula is C35H74N3O8PS. The smallest absolute Gasteiger partial charge is 0.303 e. The Kier molecular flexibility index (Phi) is 43.2. The van der Waals surface area contributed by atoms with E-state index in [1.165, 1.54) is 25.7 Å². The molecule has 0 heterocycles. The molecule has 0 aliphatic carbocycles. The first kappa shape index (κ1) is 56.1. The number of aliphatic hydroxyl groups excluding tert-OH is 3. The van der Waals surface area contributed by atoms with Gasteiger partial charge in [-0.25, -0.2) is 0 Å². The van der Waals surface area contributed by atoms with Gasteiger partial charge in [-0.2, -0.15) is 11.8 Å². The average molecular weight is 728 g/mol. The third-order valence-electron chi connectivity index (χ3n) is 5.53. The molecule has 0 spiro atoms. The van der Waals surface area contributed by atoms with Crippen molar-refractivity contribution in [1.29, 1.82) is 0 Å². The third-order valence-corrected chi connectivity index (χ3v) is 5.53. The van der Waals surface area contributed by atoms with Crippen molar-refractivity contribution in [2.45, 2.75) is 71.1 Å². The Hall–Kier alpha value is -1.28. The Morgan fingerprint density at radius 1 is 0.583 bits per heavy atom. The summed E-state index contributed by atoms with van der Waals surface area (Å²) in [6, 6.07) is 0. The number of quaternary nitrogens is 3. The summed E-state index contributed by atoms with van der Waals surface area (Å²) in [5, 5.41) is 33.7. The van der Waals surface area contributed by atoms with Crippen LogP contribution in [0.4, 0.5) is 0 Å². The second-order valence-corrected chi connectivity index (χ2v) is 16.3. The molecule has 0 rings (SSSR count). The number of hydrogen-bond acceptors (Lipinski definition) is 8. The summed E-state index contributed by atoms with van der Waals surface area (Å²) in [6.45, 7) is 1.02. The lowest BCUT2D eigenvalue weighted by Crippen LogP contribution is -2.36. The minimum absolute atomic E-state index is 0.262. The number of carbonyl (C=O) groups is 1. The molecule has 0 aromatic rings. The van der Waals surface area contributed by atoms with Gasteiger partial charge in [-0.05, 0) is 44.9 Å². The second kappa shape index (κ2) is 37.0. The molecule has 4 N–H and O–H groups in total. The highest BCUT2D eigenvalue weighted by Gasteiger charge is 2.03. The van der Waals surface area contributed by atoms with Crippen molar-refractivity contribution in [3.63, 3.8) is 0 Å². The Balaban J connectivity index is -0.000000192. The third kappa shape index (κ3) is 96.8. The molecule has 13 heteroatoms. The van der Waals surface area contributed by atoms with Gasteiger partial charge in [0, 0.05) is 6.42 Å². The van der Waals surface area contributed by atoms with E-state index in [1.54, 1.807) is 0 Å². The minimum atomic E-state index is -4.56. The van der Waals surface area contributed by atoms with E-state index in [9.17, 15) is 4.79 Å². The van der Waals surface area contributed by atoms with Crippen molar-refractivity contribution in [1.82, 2.24) is 0 Å². The number of allylic oxidation sites excluding steroid dienone is 8. The van der Waals surface area contributed by atoms with Crippen LogP contribution in [-0.4, -0.2) is 143 Å².